The molecule has 2 aliphatic heterocycles. The number of carboxylic acids is 2. The lowest BCUT2D eigenvalue weighted by Crippen LogP contribution is -2.71. The lowest BCUT2D eigenvalue weighted by molar-refractivity contribution is -0.713. The number of anilines is 3. The monoisotopic (exact) mass is 636 g/mol. The van der Waals surface area contributed by atoms with Crippen LogP contribution in [0, 0.1) is 0 Å². The Morgan fingerprint density at radius 1 is 1.36 bits per heavy atom. The molecule has 16 nitrogen and oxygen atoms in total. The molecule has 2 aromatic rings. The SMILES string of the molecule is C=CC[n+]1c(N)cc(N)nc1SCC1=C(C(=O)O)N2C(=O)C(NC(=O)/C(=N\OC(C)C(=O)O)c3csc(N)n3)C2SC1. The van der Waals surface area contributed by atoms with Gasteiger partial charge in [-0.05, 0) is 24.3 Å². The maximum Gasteiger partial charge on any atom is 0.352 e. The molecule has 222 valence electrons. The van der Waals surface area contributed by atoms with E-state index in [-0.39, 0.29) is 33.8 Å². The summed E-state index contributed by atoms with van der Waals surface area (Å²) < 4.78 is 1.67. The molecule has 4 rings (SSSR count). The Balaban J connectivity index is 1.53. The van der Waals surface area contributed by atoms with E-state index < -0.39 is 47.0 Å². The summed E-state index contributed by atoms with van der Waals surface area (Å²) in [5.41, 5.74) is 17.5. The first-order valence-electron chi connectivity index (χ1n) is 12.0. The van der Waals surface area contributed by atoms with Crippen LogP contribution in [0.4, 0.5) is 16.8 Å². The van der Waals surface area contributed by atoms with E-state index in [0.29, 0.717) is 23.1 Å². The highest BCUT2D eigenvalue weighted by Gasteiger charge is 2.54. The second-order valence-electron chi connectivity index (χ2n) is 8.79. The number of aliphatic carboxylic acids is 2. The van der Waals surface area contributed by atoms with Gasteiger partial charge in [0.25, 0.3) is 11.8 Å². The van der Waals surface area contributed by atoms with Crippen molar-refractivity contribution in [2.45, 2.75) is 36.1 Å². The number of carbonyl (C=O) groups excluding carboxylic acids is 2. The van der Waals surface area contributed by atoms with Gasteiger partial charge in [0.15, 0.2) is 10.8 Å². The standard InChI is InChI=1S/C23H25N9O7S3/c1-3-4-31-13(25)5-12(24)28-23(31)42-7-10-6-40-19-15(18(34)32(19)16(10)21(37)38)29-17(33)14(11-8-41-22(26)27-11)30-39-9(2)20(35)36/h3,5,8-9,15,19H,1,4,6-7H2,2H3,(H8,24,25,26,27,29,33,35,36,37,38)/p+1/b30-14-. The van der Waals surface area contributed by atoms with Crippen molar-refractivity contribution in [1.82, 2.24) is 20.2 Å². The average Bonchev–Trinajstić information content (AvgIpc) is 3.36. The van der Waals surface area contributed by atoms with Crippen molar-refractivity contribution in [3.63, 3.8) is 0 Å². The van der Waals surface area contributed by atoms with Gasteiger partial charge in [-0.3, -0.25) is 14.5 Å². The molecule has 3 atom stereocenters. The van der Waals surface area contributed by atoms with Gasteiger partial charge in [-0.1, -0.05) is 22.8 Å². The van der Waals surface area contributed by atoms with Crippen LogP contribution >= 0.6 is 34.9 Å². The van der Waals surface area contributed by atoms with Crippen LogP contribution in [0.15, 0.2) is 45.7 Å². The number of aromatic nitrogens is 3. The van der Waals surface area contributed by atoms with E-state index in [2.05, 4.69) is 27.0 Å². The Morgan fingerprint density at radius 3 is 2.71 bits per heavy atom. The number of hydrogen-bond acceptors (Lipinski definition) is 14. The van der Waals surface area contributed by atoms with E-state index in [0.717, 1.165) is 16.2 Å². The summed E-state index contributed by atoms with van der Waals surface area (Å²) in [5.74, 6) is -3.16. The number of nitrogens with two attached hydrogens (primary N) is 3. The Labute approximate surface area is 250 Å². The summed E-state index contributed by atoms with van der Waals surface area (Å²) in [6.45, 7) is 5.28. The minimum absolute atomic E-state index is 0.0161. The first kappa shape index (κ1) is 30.6. The number of carbonyl (C=O) groups is 4. The fourth-order valence-corrected chi connectivity index (χ4v) is 6.97. The molecule has 19 heteroatoms. The second kappa shape index (κ2) is 12.7. The molecule has 2 aliphatic rings. The van der Waals surface area contributed by atoms with Crippen molar-refractivity contribution in [3.05, 3.63) is 41.1 Å². The van der Waals surface area contributed by atoms with Crippen LogP contribution < -0.4 is 27.1 Å². The molecule has 2 aromatic heterocycles. The molecule has 9 N–H and O–H groups in total. The minimum Gasteiger partial charge on any atom is -0.478 e. The molecular formula is C23H26N9O7S3+. The maximum absolute atomic E-state index is 13.2. The van der Waals surface area contributed by atoms with Crippen molar-refractivity contribution >= 4 is 81.1 Å². The van der Waals surface area contributed by atoms with Crippen molar-refractivity contribution < 1.29 is 38.8 Å². The quantitative estimate of drug-likeness (QED) is 0.0326. The lowest BCUT2D eigenvalue weighted by Gasteiger charge is -2.49. The van der Waals surface area contributed by atoms with Gasteiger partial charge in [-0.2, -0.15) is 0 Å². The van der Waals surface area contributed by atoms with Gasteiger partial charge in [0.1, 0.15) is 22.8 Å². The summed E-state index contributed by atoms with van der Waals surface area (Å²) in [4.78, 5) is 64.0. The minimum atomic E-state index is -1.37. The van der Waals surface area contributed by atoms with Crippen LogP contribution in [0.1, 0.15) is 12.6 Å². The molecule has 3 unspecified atom stereocenters. The van der Waals surface area contributed by atoms with Gasteiger partial charge in [0.2, 0.25) is 17.7 Å². The first-order chi connectivity index (χ1) is 19.9. The number of nitrogen functional groups attached to an aromatic ring is 3. The molecule has 1 saturated heterocycles. The highest BCUT2D eigenvalue weighted by molar-refractivity contribution is 8.01. The van der Waals surface area contributed by atoms with E-state index in [4.69, 9.17) is 27.1 Å². The average molecular weight is 637 g/mol. The van der Waals surface area contributed by atoms with Crippen LogP contribution in [0.5, 0.6) is 0 Å². The largest absolute Gasteiger partial charge is 0.478 e. The van der Waals surface area contributed by atoms with Gasteiger partial charge >= 0.3 is 17.1 Å². The molecule has 0 spiro atoms. The fourth-order valence-electron chi connectivity index (χ4n) is 3.90. The number of allylic oxidation sites excluding steroid dienone is 1. The summed E-state index contributed by atoms with van der Waals surface area (Å²) in [5, 5.41) is 26.5. The summed E-state index contributed by atoms with van der Waals surface area (Å²) in [6, 6.07) is 0.413. The number of rotatable bonds is 12. The summed E-state index contributed by atoms with van der Waals surface area (Å²) >= 11 is 3.49. The van der Waals surface area contributed by atoms with Gasteiger partial charge in [-0.15, -0.1) is 23.1 Å². The molecule has 0 bridgehead atoms. The topological polar surface area (TPSA) is 253 Å². The number of β-lactam (4-membered cyclic amide) rings is 1. The number of hydrogen-bond donors (Lipinski definition) is 6. The van der Waals surface area contributed by atoms with Gasteiger partial charge < -0.3 is 37.6 Å². The normalized spacial score (nSPS) is 19.0. The van der Waals surface area contributed by atoms with E-state index in [9.17, 15) is 24.3 Å². The van der Waals surface area contributed by atoms with E-state index in [1.807, 2.05) is 0 Å². The second-order valence-corrected chi connectivity index (χ2v) is 11.7. The molecule has 4 heterocycles. The van der Waals surface area contributed by atoms with E-state index >= 15 is 0 Å². The van der Waals surface area contributed by atoms with Crippen molar-refractivity contribution in [1.29, 1.82) is 0 Å². The fraction of sp³-hybridized carbons (Fsp3) is 0.304. The molecule has 0 aromatic carbocycles. The zero-order chi connectivity index (χ0) is 30.7. The third kappa shape index (κ3) is 6.26. The highest BCUT2D eigenvalue weighted by Crippen LogP contribution is 2.41. The zero-order valence-corrected chi connectivity index (χ0v) is 24.4. The van der Waals surface area contributed by atoms with Gasteiger partial charge in [-0.25, -0.2) is 19.1 Å². The first-order valence-corrected chi connectivity index (χ1v) is 14.9. The number of thiazole rings is 1. The van der Waals surface area contributed by atoms with Crippen LogP contribution in [-0.2, 0) is 30.6 Å². The molecule has 1 fully saturated rings. The molecule has 0 aliphatic carbocycles. The Morgan fingerprint density at radius 2 is 2.10 bits per heavy atom. The molecule has 0 radical (unpaired) electrons. The van der Waals surface area contributed by atoms with Crippen LogP contribution in [0.25, 0.3) is 0 Å². The number of thioether (sulfide) groups is 2. The summed E-state index contributed by atoms with van der Waals surface area (Å²) in [6.07, 6.45) is 0.260. The van der Waals surface area contributed by atoms with Crippen molar-refractivity contribution in [2.24, 2.45) is 5.16 Å². The third-order valence-corrected chi connectivity index (χ3v) is 8.99. The Bertz CT molecular complexity index is 1530. The number of oxime groups is 1. The summed E-state index contributed by atoms with van der Waals surface area (Å²) in [7, 11) is 0. The maximum atomic E-state index is 13.2. The zero-order valence-electron chi connectivity index (χ0n) is 21.9. The van der Waals surface area contributed by atoms with Crippen LogP contribution in [0.3, 0.4) is 0 Å². The van der Waals surface area contributed by atoms with E-state index in [1.54, 1.807) is 10.6 Å². The predicted molar refractivity (Wildman–Crippen MR) is 155 cm³/mol. The van der Waals surface area contributed by atoms with Crippen LogP contribution in [0.2, 0.25) is 0 Å². The predicted octanol–water partition coefficient (Wildman–Crippen LogP) is -0.517. The van der Waals surface area contributed by atoms with Crippen LogP contribution in [-0.4, -0.2) is 83.6 Å². The number of fused-ring (bicyclic) bond motifs is 1. The van der Waals surface area contributed by atoms with Crippen molar-refractivity contribution in [2.75, 3.05) is 28.7 Å². The molecule has 0 saturated carbocycles. The highest BCUT2D eigenvalue weighted by atomic mass is 32.2. The number of amides is 2. The number of carboxylic acid groups (broad SMARTS) is 2. The smallest absolute Gasteiger partial charge is 0.352 e. The Hall–Kier alpha value is -4.36. The van der Waals surface area contributed by atoms with Crippen molar-refractivity contribution in [3.8, 4) is 0 Å². The molecule has 42 heavy (non-hydrogen) atoms. The third-order valence-electron chi connectivity index (χ3n) is 5.92. The van der Waals surface area contributed by atoms with Gasteiger partial charge in [0.05, 0.1) is 12.6 Å². The molecule has 2 amide bonds. The molecular weight excluding hydrogens is 611 g/mol. The number of nitrogens with zero attached hydrogens (tertiary/aromatic N) is 5. The number of nitrogens with one attached hydrogen (secondary N) is 1. The van der Waals surface area contributed by atoms with Gasteiger partial charge in [0, 0.05) is 16.9 Å². The lowest BCUT2D eigenvalue weighted by atomic mass is 10.0. The van der Waals surface area contributed by atoms with E-state index in [1.165, 1.54) is 41.9 Å². The Kier molecular flexibility index (Phi) is 9.22.